The Morgan fingerprint density at radius 1 is 1.21 bits per heavy atom. The minimum absolute atomic E-state index is 0.266. The standard InChI is InChI=1S/C24H38BN3O6/c1-7-18(25(32)33)26-20(29)19(17-12-9-8-10-13-17)28-15-11-14-24(16(2)3,21(28)30)27-22(31)34-23(4,5)6/h8-10,12-13,16,18-19,32-33H,7,11,14-15H2,1-6H3,(H,26,29)(H,27,31)/t18?,19-,24?/m0/s1. The van der Waals surface area contributed by atoms with Crippen LogP contribution in [0.1, 0.15) is 72.4 Å². The van der Waals surface area contributed by atoms with Gasteiger partial charge in [0.1, 0.15) is 17.2 Å². The van der Waals surface area contributed by atoms with E-state index in [-0.39, 0.29) is 11.8 Å². The van der Waals surface area contributed by atoms with Crippen molar-refractivity contribution in [3.8, 4) is 0 Å². The molecule has 9 nitrogen and oxygen atoms in total. The van der Waals surface area contributed by atoms with E-state index in [9.17, 15) is 24.4 Å². The van der Waals surface area contributed by atoms with Gasteiger partial charge in [-0.1, -0.05) is 51.1 Å². The first-order valence-corrected chi connectivity index (χ1v) is 11.9. The van der Waals surface area contributed by atoms with Gasteiger partial charge in [0.05, 0.1) is 5.94 Å². The number of amides is 3. The third-order valence-electron chi connectivity index (χ3n) is 6.12. The quantitative estimate of drug-likeness (QED) is 0.427. The molecule has 3 atom stereocenters. The lowest BCUT2D eigenvalue weighted by Gasteiger charge is -2.47. The van der Waals surface area contributed by atoms with Crippen LogP contribution in [0.4, 0.5) is 4.79 Å². The summed E-state index contributed by atoms with van der Waals surface area (Å²) in [5, 5.41) is 24.7. The van der Waals surface area contributed by atoms with Gasteiger partial charge in [0, 0.05) is 6.54 Å². The maximum atomic E-state index is 14.0. The Balaban J connectivity index is 2.45. The average Bonchev–Trinajstić information content (AvgIpc) is 2.73. The van der Waals surface area contributed by atoms with E-state index in [1.165, 1.54) is 4.90 Å². The second-order valence-electron chi connectivity index (χ2n) is 10.1. The van der Waals surface area contributed by atoms with Gasteiger partial charge in [-0.3, -0.25) is 9.59 Å². The molecule has 0 saturated carbocycles. The second kappa shape index (κ2) is 11.2. The van der Waals surface area contributed by atoms with Gasteiger partial charge in [-0.05, 0) is 51.5 Å². The average molecular weight is 475 g/mol. The lowest BCUT2D eigenvalue weighted by molar-refractivity contribution is -0.151. The molecule has 1 aliphatic heterocycles. The summed E-state index contributed by atoms with van der Waals surface area (Å²) in [5.41, 5.74) is -1.38. The number of hydrogen-bond donors (Lipinski definition) is 4. The zero-order valence-corrected chi connectivity index (χ0v) is 21.0. The number of carbonyl (C=O) groups is 3. The molecule has 1 aromatic carbocycles. The van der Waals surface area contributed by atoms with Crippen LogP contribution in [0.5, 0.6) is 0 Å². The van der Waals surface area contributed by atoms with E-state index in [4.69, 9.17) is 4.74 Å². The molecule has 4 N–H and O–H groups in total. The van der Waals surface area contributed by atoms with Gasteiger partial charge in [0.25, 0.3) is 0 Å². The van der Waals surface area contributed by atoms with E-state index in [1.54, 1.807) is 52.0 Å². The van der Waals surface area contributed by atoms with Crippen molar-refractivity contribution < 1.29 is 29.2 Å². The highest BCUT2D eigenvalue weighted by Gasteiger charge is 2.51. The molecule has 0 radical (unpaired) electrons. The molecule has 1 aliphatic rings. The molecule has 1 aromatic rings. The fourth-order valence-corrected chi connectivity index (χ4v) is 4.28. The predicted octanol–water partition coefficient (Wildman–Crippen LogP) is 2.18. The van der Waals surface area contributed by atoms with Crippen LogP contribution in [0.2, 0.25) is 0 Å². The third kappa shape index (κ3) is 6.51. The normalized spacial score (nSPS) is 20.5. The van der Waals surface area contributed by atoms with Gasteiger partial charge in [-0.2, -0.15) is 0 Å². The SMILES string of the molecule is CCC(NC(=O)[C@H](c1ccccc1)N1CCCC(NC(=O)OC(C)(C)C)(C(C)C)C1=O)B(O)O. The molecule has 2 rings (SSSR count). The van der Waals surface area contributed by atoms with Crippen molar-refractivity contribution in [2.24, 2.45) is 5.92 Å². The summed E-state index contributed by atoms with van der Waals surface area (Å²) in [6.07, 6.45) is 0.590. The Hall–Kier alpha value is -2.59. The predicted molar refractivity (Wildman–Crippen MR) is 129 cm³/mol. The van der Waals surface area contributed by atoms with E-state index < -0.39 is 42.2 Å². The van der Waals surface area contributed by atoms with Gasteiger partial charge in [-0.15, -0.1) is 0 Å². The largest absolute Gasteiger partial charge is 0.475 e. The highest BCUT2D eigenvalue weighted by molar-refractivity contribution is 6.43. The molecule has 1 fully saturated rings. The second-order valence-corrected chi connectivity index (χ2v) is 10.1. The summed E-state index contributed by atoms with van der Waals surface area (Å²) in [6.45, 7) is 11.0. The first-order valence-electron chi connectivity index (χ1n) is 11.9. The summed E-state index contributed by atoms with van der Waals surface area (Å²) in [5.74, 6) is -2.04. The number of rotatable bonds is 8. The number of likely N-dealkylation sites (tertiary alicyclic amines) is 1. The molecular weight excluding hydrogens is 437 g/mol. The summed E-state index contributed by atoms with van der Waals surface area (Å²) in [6, 6.07) is 7.86. The van der Waals surface area contributed by atoms with Crippen LogP contribution in [-0.2, 0) is 14.3 Å². The molecule has 2 unspecified atom stereocenters. The van der Waals surface area contributed by atoms with Gasteiger partial charge in [-0.25, -0.2) is 4.79 Å². The highest BCUT2D eigenvalue weighted by Crippen LogP contribution is 2.35. The van der Waals surface area contributed by atoms with E-state index in [0.717, 1.165) is 0 Å². The van der Waals surface area contributed by atoms with Crippen molar-refractivity contribution in [2.75, 3.05) is 6.54 Å². The van der Waals surface area contributed by atoms with E-state index >= 15 is 0 Å². The van der Waals surface area contributed by atoms with Gasteiger partial charge in [0.15, 0.2) is 0 Å². The molecule has 34 heavy (non-hydrogen) atoms. The van der Waals surface area contributed by atoms with Gasteiger partial charge >= 0.3 is 13.2 Å². The maximum Gasteiger partial charge on any atom is 0.475 e. The van der Waals surface area contributed by atoms with Crippen LogP contribution in [-0.4, -0.2) is 63.6 Å². The van der Waals surface area contributed by atoms with Gasteiger partial charge < -0.3 is 30.3 Å². The number of nitrogens with one attached hydrogen (secondary N) is 2. The van der Waals surface area contributed by atoms with Crippen molar-refractivity contribution in [3.05, 3.63) is 35.9 Å². The molecule has 0 aliphatic carbocycles. The molecule has 0 bridgehead atoms. The lowest BCUT2D eigenvalue weighted by atomic mass is 9.76. The molecule has 3 amide bonds. The van der Waals surface area contributed by atoms with Crippen molar-refractivity contribution in [2.45, 2.75) is 83.9 Å². The monoisotopic (exact) mass is 475 g/mol. The van der Waals surface area contributed by atoms with Crippen LogP contribution < -0.4 is 10.6 Å². The number of alkyl carbamates (subject to hydrolysis) is 1. The van der Waals surface area contributed by atoms with Crippen molar-refractivity contribution >= 4 is 25.0 Å². The Morgan fingerprint density at radius 3 is 2.32 bits per heavy atom. The van der Waals surface area contributed by atoms with Crippen LogP contribution in [0.3, 0.4) is 0 Å². The summed E-state index contributed by atoms with van der Waals surface area (Å²) < 4.78 is 5.43. The minimum Gasteiger partial charge on any atom is -0.444 e. The topological polar surface area (TPSA) is 128 Å². The zero-order chi connectivity index (χ0) is 25.7. The van der Waals surface area contributed by atoms with E-state index in [1.807, 2.05) is 19.9 Å². The Labute approximate surface area is 202 Å². The first-order chi connectivity index (χ1) is 15.8. The van der Waals surface area contributed by atoms with E-state index in [0.29, 0.717) is 31.4 Å². The molecule has 188 valence electrons. The summed E-state index contributed by atoms with van der Waals surface area (Å²) >= 11 is 0. The fourth-order valence-electron chi connectivity index (χ4n) is 4.28. The molecule has 10 heteroatoms. The van der Waals surface area contributed by atoms with Crippen LogP contribution in [0.15, 0.2) is 30.3 Å². The van der Waals surface area contributed by atoms with Crippen molar-refractivity contribution in [1.29, 1.82) is 0 Å². The van der Waals surface area contributed by atoms with Crippen LogP contribution in [0, 0.1) is 5.92 Å². The Bertz CT molecular complexity index is 858. The highest BCUT2D eigenvalue weighted by atomic mass is 16.6. The Morgan fingerprint density at radius 2 is 1.82 bits per heavy atom. The molecule has 0 spiro atoms. The first kappa shape index (κ1) is 27.7. The van der Waals surface area contributed by atoms with Gasteiger partial charge in [0.2, 0.25) is 11.8 Å². The third-order valence-corrected chi connectivity index (χ3v) is 6.12. The molecular formula is C24H38BN3O6. The van der Waals surface area contributed by atoms with Crippen LogP contribution >= 0.6 is 0 Å². The molecule has 1 saturated heterocycles. The summed E-state index contributed by atoms with van der Waals surface area (Å²) in [4.78, 5) is 41.5. The van der Waals surface area contributed by atoms with Crippen LogP contribution in [0.25, 0.3) is 0 Å². The number of benzene rings is 1. The van der Waals surface area contributed by atoms with E-state index in [2.05, 4.69) is 10.6 Å². The zero-order valence-electron chi connectivity index (χ0n) is 21.0. The maximum absolute atomic E-state index is 14.0. The smallest absolute Gasteiger partial charge is 0.444 e. The Kier molecular flexibility index (Phi) is 9.13. The number of ether oxygens (including phenoxy) is 1. The number of carbonyl (C=O) groups excluding carboxylic acids is 3. The molecule has 0 aromatic heterocycles. The molecule has 1 heterocycles. The number of piperidine rings is 1. The number of nitrogens with zero attached hydrogens (tertiary/aromatic N) is 1. The fraction of sp³-hybridized carbons (Fsp3) is 0.625. The minimum atomic E-state index is -1.73. The van der Waals surface area contributed by atoms with Crippen molar-refractivity contribution in [3.63, 3.8) is 0 Å². The lowest BCUT2D eigenvalue weighted by Crippen LogP contribution is -2.67. The number of hydrogen-bond acceptors (Lipinski definition) is 6. The summed E-state index contributed by atoms with van der Waals surface area (Å²) in [7, 11) is -1.73. The van der Waals surface area contributed by atoms with Crippen molar-refractivity contribution in [1.82, 2.24) is 15.5 Å².